The topological polar surface area (TPSA) is 87.0 Å². The summed E-state index contributed by atoms with van der Waals surface area (Å²) in [5.41, 5.74) is -1.51. The molecule has 0 saturated heterocycles. The number of esters is 1. The van der Waals surface area contributed by atoms with E-state index >= 15 is 0 Å². The second-order valence-electron chi connectivity index (χ2n) is 9.17. The molecule has 0 aromatic carbocycles. The standard InChI is InChI=1S/C21H32O5/c1-13(5-6-14(12-22)19(2,3)24)15-7-10-21(25)16-11-18(23)26-17(16)8-9-20(15,21)4/h5-6,11,13-15,17,22,24-25H,7-10,12H2,1-4H3/b6-5+/t13-,14-,15-,17+,20-,21-/m1/s1. The van der Waals surface area contributed by atoms with Gasteiger partial charge in [0.2, 0.25) is 0 Å². The Labute approximate surface area is 155 Å². The van der Waals surface area contributed by atoms with Crippen LogP contribution in [0, 0.1) is 23.2 Å². The van der Waals surface area contributed by atoms with Gasteiger partial charge in [-0.3, -0.25) is 0 Å². The van der Waals surface area contributed by atoms with Gasteiger partial charge < -0.3 is 20.1 Å². The molecular formula is C21H32O5. The van der Waals surface area contributed by atoms with Crippen LogP contribution < -0.4 is 0 Å². The average molecular weight is 364 g/mol. The molecule has 2 aliphatic carbocycles. The van der Waals surface area contributed by atoms with E-state index < -0.39 is 11.2 Å². The van der Waals surface area contributed by atoms with Crippen LogP contribution >= 0.6 is 0 Å². The lowest BCUT2D eigenvalue weighted by molar-refractivity contribution is -0.143. The number of fused-ring (bicyclic) bond motifs is 3. The van der Waals surface area contributed by atoms with Crippen molar-refractivity contribution in [2.75, 3.05) is 6.61 Å². The summed E-state index contributed by atoms with van der Waals surface area (Å²) in [4.78, 5) is 11.7. The Bertz CT molecular complexity index is 631. The Morgan fingerprint density at radius 3 is 2.65 bits per heavy atom. The predicted octanol–water partition coefficient (Wildman–Crippen LogP) is 2.35. The molecule has 26 heavy (non-hydrogen) atoms. The highest BCUT2D eigenvalue weighted by Gasteiger charge is 2.63. The van der Waals surface area contributed by atoms with Crippen molar-refractivity contribution in [1.82, 2.24) is 0 Å². The lowest BCUT2D eigenvalue weighted by atomic mass is 9.58. The van der Waals surface area contributed by atoms with Gasteiger partial charge in [-0.05, 0) is 51.4 Å². The second-order valence-corrected chi connectivity index (χ2v) is 9.17. The van der Waals surface area contributed by atoms with Crippen LogP contribution in [0.15, 0.2) is 23.8 Å². The van der Waals surface area contributed by atoms with Gasteiger partial charge in [-0.2, -0.15) is 0 Å². The van der Waals surface area contributed by atoms with Crippen molar-refractivity contribution in [1.29, 1.82) is 0 Å². The van der Waals surface area contributed by atoms with Gasteiger partial charge in [-0.15, -0.1) is 0 Å². The summed E-state index contributed by atoms with van der Waals surface area (Å²) in [6, 6.07) is 0. The minimum Gasteiger partial charge on any atom is -0.455 e. The summed E-state index contributed by atoms with van der Waals surface area (Å²) >= 11 is 0. The van der Waals surface area contributed by atoms with Gasteiger partial charge in [-0.25, -0.2) is 4.79 Å². The van der Waals surface area contributed by atoms with E-state index in [0.717, 1.165) is 24.8 Å². The van der Waals surface area contributed by atoms with Crippen LogP contribution in [0.5, 0.6) is 0 Å². The molecule has 3 N–H and O–H groups in total. The van der Waals surface area contributed by atoms with Crippen LogP contribution in [0.3, 0.4) is 0 Å². The van der Waals surface area contributed by atoms with Crippen LogP contribution in [-0.2, 0) is 9.53 Å². The number of hydrogen-bond acceptors (Lipinski definition) is 5. The Kier molecular flexibility index (Phi) is 4.87. The van der Waals surface area contributed by atoms with Gasteiger partial charge in [-0.1, -0.05) is 26.0 Å². The molecule has 146 valence electrons. The molecule has 3 rings (SSSR count). The van der Waals surface area contributed by atoms with Crippen molar-refractivity contribution in [3.63, 3.8) is 0 Å². The molecule has 0 unspecified atom stereocenters. The summed E-state index contributed by atoms with van der Waals surface area (Å²) in [6.45, 7) is 7.56. The minimum atomic E-state index is -0.985. The van der Waals surface area contributed by atoms with E-state index in [1.165, 1.54) is 6.08 Å². The molecule has 0 aromatic heterocycles. The van der Waals surface area contributed by atoms with Crippen molar-refractivity contribution >= 4 is 5.97 Å². The van der Waals surface area contributed by atoms with E-state index in [1.807, 2.05) is 6.08 Å². The monoisotopic (exact) mass is 364 g/mol. The first kappa shape index (κ1) is 19.6. The van der Waals surface area contributed by atoms with Crippen molar-refractivity contribution in [3.05, 3.63) is 23.8 Å². The fourth-order valence-electron chi connectivity index (χ4n) is 5.44. The molecule has 1 heterocycles. The molecule has 0 bridgehead atoms. The molecule has 2 fully saturated rings. The quantitative estimate of drug-likeness (QED) is 0.515. The van der Waals surface area contributed by atoms with E-state index in [4.69, 9.17) is 4.74 Å². The molecule has 3 aliphatic rings. The maximum atomic E-state index is 11.7. The molecule has 0 radical (unpaired) electrons. The molecule has 5 nitrogen and oxygen atoms in total. The maximum Gasteiger partial charge on any atom is 0.331 e. The zero-order valence-electron chi connectivity index (χ0n) is 16.2. The third-order valence-corrected chi connectivity index (χ3v) is 7.25. The molecule has 0 amide bonds. The van der Waals surface area contributed by atoms with E-state index in [1.54, 1.807) is 13.8 Å². The third kappa shape index (κ3) is 2.94. The highest BCUT2D eigenvalue weighted by Crippen LogP contribution is 2.62. The van der Waals surface area contributed by atoms with Crippen LogP contribution in [0.25, 0.3) is 0 Å². The number of aliphatic hydroxyl groups is 3. The van der Waals surface area contributed by atoms with Gasteiger partial charge in [0.15, 0.2) is 0 Å². The molecule has 1 aliphatic heterocycles. The predicted molar refractivity (Wildman–Crippen MR) is 98.2 cm³/mol. The zero-order chi connectivity index (χ0) is 19.3. The smallest absolute Gasteiger partial charge is 0.331 e. The molecule has 2 saturated carbocycles. The van der Waals surface area contributed by atoms with E-state index in [9.17, 15) is 20.1 Å². The highest BCUT2D eigenvalue weighted by molar-refractivity contribution is 5.86. The van der Waals surface area contributed by atoms with E-state index in [0.29, 0.717) is 6.42 Å². The van der Waals surface area contributed by atoms with Crippen LogP contribution in [0.4, 0.5) is 0 Å². The summed E-state index contributed by atoms with van der Waals surface area (Å²) in [6.07, 6.45) is 8.29. The van der Waals surface area contributed by atoms with Crippen molar-refractivity contribution in [3.8, 4) is 0 Å². The van der Waals surface area contributed by atoms with Crippen LogP contribution in [0.2, 0.25) is 0 Å². The second kappa shape index (κ2) is 6.47. The Morgan fingerprint density at radius 2 is 2.04 bits per heavy atom. The Hall–Kier alpha value is -1.17. The largest absolute Gasteiger partial charge is 0.455 e. The van der Waals surface area contributed by atoms with Crippen LogP contribution in [-0.4, -0.2) is 45.2 Å². The first-order valence-corrected chi connectivity index (χ1v) is 9.69. The molecule has 6 atom stereocenters. The summed E-state index contributed by atoms with van der Waals surface area (Å²) in [7, 11) is 0. The highest BCUT2D eigenvalue weighted by atomic mass is 16.5. The number of allylic oxidation sites excluding steroid dienone is 1. The van der Waals surface area contributed by atoms with Gasteiger partial charge in [0.25, 0.3) is 0 Å². The number of hydrogen-bond donors (Lipinski definition) is 3. The summed E-state index contributed by atoms with van der Waals surface area (Å²) in [5, 5.41) is 31.2. The number of ether oxygens (including phenoxy) is 1. The van der Waals surface area contributed by atoms with Crippen molar-refractivity contribution < 1.29 is 24.9 Å². The number of carbonyl (C=O) groups is 1. The van der Waals surface area contributed by atoms with Gasteiger partial charge in [0.05, 0.1) is 17.8 Å². The van der Waals surface area contributed by atoms with E-state index in [2.05, 4.69) is 19.9 Å². The Balaban J connectivity index is 1.82. The zero-order valence-corrected chi connectivity index (χ0v) is 16.2. The fraction of sp³-hybridized carbons (Fsp3) is 0.762. The molecule has 0 aromatic rings. The van der Waals surface area contributed by atoms with E-state index in [-0.39, 0.29) is 41.8 Å². The normalized spacial score (nSPS) is 39.3. The molecular weight excluding hydrogens is 332 g/mol. The lowest BCUT2D eigenvalue weighted by Gasteiger charge is -2.50. The van der Waals surface area contributed by atoms with Gasteiger partial charge in [0, 0.05) is 23.0 Å². The fourth-order valence-corrected chi connectivity index (χ4v) is 5.44. The number of rotatable bonds is 5. The van der Waals surface area contributed by atoms with Crippen molar-refractivity contribution in [2.45, 2.75) is 70.7 Å². The lowest BCUT2D eigenvalue weighted by Crippen LogP contribution is -2.53. The first-order chi connectivity index (χ1) is 12.0. The Morgan fingerprint density at radius 1 is 1.35 bits per heavy atom. The maximum absolute atomic E-state index is 11.7. The molecule has 5 heteroatoms. The summed E-state index contributed by atoms with van der Waals surface area (Å²) < 4.78 is 5.35. The first-order valence-electron chi connectivity index (χ1n) is 9.69. The SMILES string of the molecule is C[C@H](/C=C/[C@H](CO)C(C)(C)O)[C@H]1CC[C@@]2(O)C3=CC(=O)O[C@H]3CC[C@]12C. The van der Waals surface area contributed by atoms with Gasteiger partial charge >= 0.3 is 5.97 Å². The number of aliphatic hydroxyl groups excluding tert-OH is 1. The minimum absolute atomic E-state index is 0.105. The third-order valence-electron chi connectivity index (χ3n) is 7.25. The van der Waals surface area contributed by atoms with Gasteiger partial charge in [0.1, 0.15) is 6.10 Å². The van der Waals surface area contributed by atoms with Crippen molar-refractivity contribution in [2.24, 2.45) is 23.2 Å². The van der Waals surface area contributed by atoms with Crippen LogP contribution in [0.1, 0.15) is 53.4 Å². The summed E-state index contributed by atoms with van der Waals surface area (Å²) in [5.74, 6) is -0.199. The molecule has 0 spiro atoms. The average Bonchev–Trinajstić information content (AvgIpc) is 3.04. The number of carbonyl (C=O) groups excluding carboxylic acids is 1.